The van der Waals surface area contributed by atoms with Crippen LogP contribution < -0.4 is 5.32 Å². The number of nitro benzene ring substituents is 1. The summed E-state index contributed by atoms with van der Waals surface area (Å²) in [6, 6.07) is 5.10. The molecule has 8 nitrogen and oxygen atoms in total. The van der Waals surface area contributed by atoms with Gasteiger partial charge in [0.2, 0.25) is 0 Å². The second-order valence-corrected chi connectivity index (χ2v) is 6.20. The van der Waals surface area contributed by atoms with Crippen molar-refractivity contribution in [3.63, 3.8) is 0 Å². The molecule has 0 saturated heterocycles. The highest BCUT2D eigenvalue weighted by Gasteiger charge is 2.41. The monoisotopic (exact) mass is 410 g/mol. The van der Waals surface area contributed by atoms with Crippen LogP contribution in [0.25, 0.3) is 0 Å². The van der Waals surface area contributed by atoms with Crippen molar-refractivity contribution in [3.8, 4) is 0 Å². The minimum absolute atomic E-state index is 0.0607. The first kappa shape index (κ1) is 22.0. The fraction of sp³-hybridized carbons (Fsp3) is 0.368. The number of methoxy groups -OCH3 is 1. The molecule has 1 aromatic carbocycles. The number of nitro groups is 1. The molecule has 2 rings (SSSR count). The number of carbonyl (C=O) groups is 2. The van der Waals surface area contributed by atoms with Crippen LogP contribution in [0.2, 0.25) is 0 Å². The number of non-ortho nitro benzene ring substituents is 1. The minimum Gasteiger partial charge on any atom is -0.466 e. The molecule has 29 heavy (non-hydrogen) atoms. The maximum atomic E-state index is 13.7. The molecule has 0 bridgehead atoms. The second kappa shape index (κ2) is 9.26. The van der Waals surface area contributed by atoms with E-state index in [1.165, 1.54) is 25.1 Å². The summed E-state index contributed by atoms with van der Waals surface area (Å²) < 4.78 is 37.2. The van der Waals surface area contributed by atoms with Gasteiger partial charge in [-0.05, 0) is 18.9 Å². The van der Waals surface area contributed by atoms with Gasteiger partial charge in [0.1, 0.15) is 0 Å². The van der Waals surface area contributed by atoms with Crippen LogP contribution in [-0.4, -0.2) is 37.0 Å². The first-order valence-electron chi connectivity index (χ1n) is 8.72. The maximum Gasteiger partial charge on any atom is 0.336 e. The topological polar surface area (TPSA) is 108 Å². The van der Waals surface area contributed by atoms with Gasteiger partial charge in [-0.15, -0.1) is 0 Å². The average molecular weight is 410 g/mol. The van der Waals surface area contributed by atoms with Gasteiger partial charge in [0.15, 0.2) is 0 Å². The quantitative estimate of drug-likeness (QED) is 0.418. The molecule has 156 valence electrons. The predicted octanol–water partition coefficient (Wildman–Crippen LogP) is 3.20. The van der Waals surface area contributed by atoms with Crippen LogP contribution in [0.15, 0.2) is 46.8 Å². The standard InChI is InChI=1S/C19H20F2N2O6/c1-4-8-29-19(25)13-10(2)22-16(17(20)21)15(18(24)28-3)14(13)11-6-5-7-12(9-11)23(26)27/h5-7,9,14,17,22H,4,8H2,1-3H3. The van der Waals surface area contributed by atoms with E-state index in [0.29, 0.717) is 6.42 Å². The van der Waals surface area contributed by atoms with Crippen LogP contribution >= 0.6 is 0 Å². The molecule has 1 aromatic rings. The lowest BCUT2D eigenvalue weighted by atomic mass is 9.80. The molecule has 1 unspecified atom stereocenters. The maximum absolute atomic E-state index is 13.7. The van der Waals surface area contributed by atoms with Gasteiger partial charge in [-0.25, -0.2) is 18.4 Å². The number of hydrogen-bond donors (Lipinski definition) is 1. The van der Waals surface area contributed by atoms with Crippen molar-refractivity contribution >= 4 is 17.6 Å². The molecule has 1 heterocycles. The Balaban J connectivity index is 2.75. The van der Waals surface area contributed by atoms with E-state index in [0.717, 1.165) is 13.2 Å². The van der Waals surface area contributed by atoms with Gasteiger partial charge in [-0.3, -0.25) is 10.1 Å². The molecule has 1 N–H and O–H groups in total. The zero-order valence-electron chi connectivity index (χ0n) is 16.0. The highest BCUT2D eigenvalue weighted by Crippen LogP contribution is 2.41. The summed E-state index contributed by atoms with van der Waals surface area (Å²) in [5, 5.41) is 13.6. The number of nitrogens with one attached hydrogen (secondary N) is 1. The van der Waals surface area contributed by atoms with E-state index in [1.54, 1.807) is 6.92 Å². The SMILES string of the molecule is CCCOC(=O)C1=C(C)NC(C(F)F)=C(C(=O)OC)C1c1cccc([N+](=O)[O-])c1. The Bertz CT molecular complexity index is 894. The average Bonchev–Trinajstić information content (AvgIpc) is 2.70. The Morgan fingerprint density at radius 2 is 1.97 bits per heavy atom. The fourth-order valence-electron chi connectivity index (χ4n) is 3.06. The number of esters is 2. The highest BCUT2D eigenvalue weighted by molar-refractivity contribution is 6.00. The van der Waals surface area contributed by atoms with Crippen molar-refractivity contribution in [1.82, 2.24) is 5.32 Å². The summed E-state index contributed by atoms with van der Waals surface area (Å²) in [5.41, 5.74) is -1.46. The first-order chi connectivity index (χ1) is 13.7. The summed E-state index contributed by atoms with van der Waals surface area (Å²) in [6.45, 7) is 3.25. The third kappa shape index (κ3) is 4.58. The van der Waals surface area contributed by atoms with E-state index in [1.807, 2.05) is 0 Å². The van der Waals surface area contributed by atoms with Crippen LogP contribution in [0, 0.1) is 10.1 Å². The van der Waals surface area contributed by atoms with Gasteiger partial charge in [-0.2, -0.15) is 0 Å². The summed E-state index contributed by atoms with van der Waals surface area (Å²) >= 11 is 0. The molecule has 0 radical (unpaired) electrons. The second-order valence-electron chi connectivity index (χ2n) is 6.20. The number of halogens is 2. The summed E-state index contributed by atoms with van der Waals surface area (Å²) in [4.78, 5) is 35.6. The third-order valence-electron chi connectivity index (χ3n) is 4.29. The minimum atomic E-state index is -3.08. The van der Waals surface area contributed by atoms with E-state index < -0.39 is 40.5 Å². The van der Waals surface area contributed by atoms with Crippen molar-refractivity contribution < 1.29 is 32.8 Å². The van der Waals surface area contributed by atoms with Crippen LogP contribution in [0.3, 0.4) is 0 Å². The molecule has 0 spiro atoms. The van der Waals surface area contributed by atoms with Crippen LogP contribution in [-0.2, 0) is 19.1 Å². The molecule has 10 heteroatoms. The van der Waals surface area contributed by atoms with E-state index in [-0.39, 0.29) is 29.1 Å². The number of ether oxygens (including phenoxy) is 2. The number of alkyl halides is 2. The number of nitrogens with zero attached hydrogens (tertiary/aromatic N) is 1. The first-order valence-corrected chi connectivity index (χ1v) is 8.72. The normalized spacial score (nSPS) is 16.6. The largest absolute Gasteiger partial charge is 0.466 e. The lowest BCUT2D eigenvalue weighted by Gasteiger charge is -2.31. The zero-order valence-corrected chi connectivity index (χ0v) is 16.0. The number of rotatable bonds is 7. The van der Waals surface area contributed by atoms with Crippen molar-refractivity contribution in [2.75, 3.05) is 13.7 Å². The van der Waals surface area contributed by atoms with Crippen LogP contribution in [0.4, 0.5) is 14.5 Å². The molecule has 1 aliphatic heterocycles. The molecule has 1 aliphatic rings. The molecule has 0 fully saturated rings. The summed E-state index contributed by atoms with van der Waals surface area (Å²) in [5.74, 6) is -3.22. The molecule has 0 saturated carbocycles. The van der Waals surface area contributed by atoms with Crippen molar-refractivity contribution in [2.24, 2.45) is 0 Å². The lowest BCUT2D eigenvalue weighted by molar-refractivity contribution is -0.384. The number of benzene rings is 1. The van der Waals surface area contributed by atoms with E-state index in [9.17, 15) is 28.5 Å². The van der Waals surface area contributed by atoms with Crippen LogP contribution in [0.1, 0.15) is 31.7 Å². The Hall–Kier alpha value is -3.30. The summed E-state index contributed by atoms with van der Waals surface area (Å²) in [7, 11) is 1.02. The Morgan fingerprint density at radius 1 is 1.28 bits per heavy atom. The van der Waals surface area contributed by atoms with Gasteiger partial charge in [0.25, 0.3) is 12.1 Å². The number of dihydropyridines is 1. The highest BCUT2D eigenvalue weighted by atomic mass is 19.3. The number of carbonyl (C=O) groups excluding carboxylic acids is 2. The molecule has 0 aliphatic carbocycles. The van der Waals surface area contributed by atoms with Crippen molar-refractivity contribution in [1.29, 1.82) is 0 Å². The van der Waals surface area contributed by atoms with E-state index >= 15 is 0 Å². The van der Waals surface area contributed by atoms with Gasteiger partial charge in [0.05, 0.1) is 41.4 Å². The molecule has 0 amide bonds. The Kier molecular flexibility index (Phi) is 7.03. The fourth-order valence-corrected chi connectivity index (χ4v) is 3.06. The molecule has 0 aromatic heterocycles. The molecular formula is C19H20F2N2O6. The van der Waals surface area contributed by atoms with Crippen molar-refractivity contribution in [2.45, 2.75) is 32.6 Å². The van der Waals surface area contributed by atoms with E-state index in [4.69, 9.17) is 4.74 Å². The predicted molar refractivity (Wildman–Crippen MR) is 98.0 cm³/mol. The van der Waals surface area contributed by atoms with Gasteiger partial charge in [0, 0.05) is 17.8 Å². The van der Waals surface area contributed by atoms with Gasteiger partial charge < -0.3 is 14.8 Å². The molecule has 1 atom stereocenters. The lowest BCUT2D eigenvalue weighted by Crippen LogP contribution is -2.35. The van der Waals surface area contributed by atoms with Crippen molar-refractivity contribution in [3.05, 3.63) is 62.5 Å². The number of allylic oxidation sites excluding steroid dienone is 2. The van der Waals surface area contributed by atoms with Gasteiger partial charge >= 0.3 is 11.9 Å². The van der Waals surface area contributed by atoms with Gasteiger partial charge in [-0.1, -0.05) is 19.1 Å². The third-order valence-corrected chi connectivity index (χ3v) is 4.29. The Labute approximate surface area is 165 Å². The molecular weight excluding hydrogens is 390 g/mol. The summed E-state index contributed by atoms with van der Waals surface area (Å²) in [6.07, 6.45) is -2.55. The Morgan fingerprint density at radius 3 is 2.52 bits per heavy atom. The zero-order chi connectivity index (χ0) is 21.7. The van der Waals surface area contributed by atoms with E-state index in [2.05, 4.69) is 10.1 Å². The number of hydrogen-bond acceptors (Lipinski definition) is 7. The smallest absolute Gasteiger partial charge is 0.336 e. The van der Waals surface area contributed by atoms with Crippen LogP contribution in [0.5, 0.6) is 0 Å².